The summed E-state index contributed by atoms with van der Waals surface area (Å²) in [7, 11) is 0. The predicted molar refractivity (Wildman–Crippen MR) is 82.2 cm³/mol. The van der Waals surface area contributed by atoms with Crippen molar-refractivity contribution in [3.05, 3.63) is 52.4 Å². The fourth-order valence-corrected chi connectivity index (χ4v) is 2.90. The van der Waals surface area contributed by atoms with Gasteiger partial charge < -0.3 is 5.32 Å². The molecule has 0 spiro atoms. The van der Waals surface area contributed by atoms with Crippen LogP contribution in [0.15, 0.2) is 30.3 Å². The highest BCUT2D eigenvalue weighted by Gasteiger charge is 2.18. The summed E-state index contributed by atoms with van der Waals surface area (Å²) in [5.74, 6) is 0.899. The third kappa shape index (κ3) is 2.78. The minimum atomic E-state index is 0.202. The number of hydrogen-bond acceptors (Lipinski definition) is 3. The van der Waals surface area contributed by atoms with Gasteiger partial charge in [0.2, 0.25) is 5.28 Å². The van der Waals surface area contributed by atoms with E-state index in [1.54, 1.807) is 0 Å². The van der Waals surface area contributed by atoms with Gasteiger partial charge in [-0.3, -0.25) is 0 Å². The van der Waals surface area contributed by atoms with Gasteiger partial charge in [-0.15, -0.1) is 0 Å². The number of fused-ring (bicyclic) bond motifs is 1. The van der Waals surface area contributed by atoms with Gasteiger partial charge in [-0.25, -0.2) is 9.97 Å². The quantitative estimate of drug-likeness (QED) is 0.861. The first-order valence-electron chi connectivity index (χ1n) is 7.11. The van der Waals surface area contributed by atoms with Crippen molar-refractivity contribution in [3.8, 4) is 0 Å². The topological polar surface area (TPSA) is 37.8 Å². The minimum Gasteiger partial charge on any atom is -0.363 e. The highest BCUT2D eigenvalue weighted by Crippen LogP contribution is 2.29. The molecule has 1 unspecified atom stereocenters. The third-order valence-corrected chi connectivity index (χ3v) is 3.98. The van der Waals surface area contributed by atoms with Crippen LogP contribution >= 0.6 is 11.6 Å². The molecule has 2 aromatic rings. The van der Waals surface area contributed by atoms with Crippen molar-refractivity contribution in [3.63, 3.8) is 0 Å². The van der Waals surface area contributed by atoms with Crippen LogP contribution in [0.3, 0.4) is 0 Å². The van der Waals surface area contributed by atoms with Crippen LogP contribution in [-0.2, 0) is 12.8 Å². The summed E-state index contributed by atoms with van der Waals surface area (Å²) in [5.41, 5.74) is 3.59. The Bertz CT molecular complexity index is 598. The lowest BCUT2D eigenvalue weighted by Gasteiger charge is -2.21. The van der Waals surface area contributed by atoms with Gasteiger partial charge in [0.1, 0.15) is 5.82 Å². The standard InChI is InChI=1S/C16H18ClN3/c1-11(12-7-3-2-4-8-12)18-15-13-9-5-6-10-14(13)19-16(17)20-15/h2-4,7-8,11H,5-6,9-10H2,1H3,(H,18,19,20). The average molecular weight is 288 g/mol. The number of anilines is 1. The number of nitrogens with one attached hydrogen (secondary N) is 1. The molecule has 104 valence electrons. The van der Waals surface area contributed by atoms with Crippen molar-refractivity contribution < 1.29 is 0 Å². The smallest absolute Gasteiger partial charge is 0.224 e. The average Bonchev–Trinajstić information content (AvgIpc) is 2.48. The molecule has 4 heteroatoms. The molecule has 0 amide bonds. The molecule has 0 fully saturated rings. The van der Waals surface area contributed by atoms with Crippen LogP contribution < -0.4 is 5.32 Å². The lowest BCUT2D eigenvalue weighted by Crippen LogP contribution is -2.15. The predicted octanol–water partition coefficient (Wildman–Crippen LogP) is 4.18. The summed E-state index contributed by atoms with van der Waals surface area (Å²) in [4.78, 5) is 8.76. The number of rotatable bonds is 3. The largest absolute Gasteiger partial charge is 0.363 e. The first kappa shape index (κ1) is 13.4. The number of benzene rings is 1. The van der Waals surface area contributed by atoms with Crippen molar-refractivity contribution >= 4 is 17.4 Å². The highest BCUT2D eigenvalue weighted by molar-refractivity contribution is 6.28. The van der Waals surface area contributed by atoms with Crippen LogP contribution in [0, 0.1) is 0 Å². The molecule has 1 aliphatic rings. The van der Waals surface area contributed by atoms with Crippen molar-refractivity contribution in [1.82, 2.24) is 9.97 Å². The second-order valence-corrected chi connectivity index (χ2v) is 5.59. The van der Waals surface area contributed by atoms with Gasteiger partial charge in [0.05, 0.1) is 5.69 Å². The van der Waals surface area contributed by atoms with Crippen molar-refractivity contribution in [2.24, 2.45) is 0 Å². The van der Waals surface area contributed by atoms with Crippen molar-refractivity contribution in [2.45, 2.75) is 38.6 Å². The Kier molecular flexibility index (Phi) is 3.88. The molecule has 0 bridgehead atoms. The Labute approximate surface area is 124 Å². The minimum absolute atomic E-state index is 0.202. The highest BCUT2D eigenvalue weighted by atomic mass is 35.5. The lowest BCUT2D eigenvalue weighted by molar-refractivity contribution is 0.661. The number of halogens is 1. The maximum absolute atomic E-state index is 6.05. The maximum Gasteiger partial charge on any atom is 0.224 e. The second-order valence-electron chi connectivity index (χ2n) is 5.25. The van der Waals surface area contributed by atoms with E-state index in [0.717, 1.165) is 24.4 Å². The van der Waals surface area contributed by atoms with E-state index < -0.39 is 0 Å². The summed E-state index contributed by atoms with van der Waals surface area (Å²) < 4.78 is 0. The summed E-state index contributed by atoms with van der Waals surface area (Å²) in [6.45, 7) is 2.14. The molecule has 1 N–H and O–H groups in total. The van der Waals surface area contributed by atoms with Gasteiger partial charge >= 0.3 is 0 Å². The molecule has 1 aromatic carbocycles. The summed E-state index contributed by atoms with van der Waals surface area (Å²) in [6.07, 6.45) is 4.43. The normalized spacial score (nSPS) is 15.5. The lowest BCUT2D eigenvalue weighted by atomic mass is 9.96. The Morgan fingerprint density at radius 2 is 1.85 bits per heavy atom. The molecule has 3 rings (SSSR count). The third-order valence-electron chi connectivity index (χ3n) is 3.81. The Morgan fingerprint density at radius 1 is 1.10 bits per heavy atom. The summed E-state index contributed by atoms with van der Waals surface area (Å²) in [5, 5.41) is 3.83. The van der Waals surface area contributed by atoms with Gasteiger partial charge in [-0.2, -0.15) is 0 Å². The van der Waals surface area contributed by atoms with E-state index >= 15 is 0 Å². The molecule has 1 aromatic heterocycles. The molecule has 1 aliphatic carbocycles. The van der Waals surface area contributed by atoms with Crippen LogP contribution in [0.25, 0.3) is 0 Å². The zero-order valence-electron chi connectivity index (χ0n) is 11.6. The first-order valence-corrected chi connectivity index (χ1v) is 7.48. The Hall–Kier alpha value is -1.61. The van der Waals surface area contributed by atoms with Gasteiger partial charge in [0.25, 0.3) is 0 Å². The molecule has 0 radical (unpaired) electrons. The summed E-state index contributed by atoms with van der Waals surface area (Å²) >= 11 is 6.05. The Morgan fingerprint density at radius 3 is 2.65 bits per heavy atom. The van der Waals surface area contributed by atoms with Crippen LogP contribution in [0.5, 0.6) is 0 Å². The molecule has 20 heavy (non-hydrogen) atoms. The molecule has 1 heterocycles. The van der Waals surface area contributed by atoms with E-state index in [9.17, 15) is 0 Å². The zero-order valence-corrected chi connectivity index (χ0v) is 12.3. The van der Waals surface area contributed by atoms with E-state index in [4.69, 9.17) is 11.6 Å². The van der Waals surface area contributed by atoms with Crippen molar-refractivity contribution in [1.29, 1.82) is 0 Å². The molecular weight excluding hydrogens is 270 g/mol. The van der Waals surface area contributed by atoms with Crippen LogP contribution in [0.2, 0.25) is 5.28 Å². The Balaban J connectivity index is 1.89. The van der Waals surface area contributed by atoms with Crippen LogP contribution in [-0.4, -0.2) is 9.97 Å². The van der Waals surface area contributed by atoms with E-state index in [2.05, 4.69) is 46.5 Å². The van der Waals surface area contributed by atoms with Crippen LogP contribution in [0.4, 0.5) is 5.82 Å². The van der Waals surface area contributed by atoms with E-state index in [1.807, 2.05) is 6.07 Å². The van der Waals surface area contributed by atoms with Gasteiger partial charge in [-0.05, 0) is 49.8 Å². The summed E-state index contributed by atoms with van der Waals surface area (Å²) in [6, 6.07) is 10.6. The molecule has 3 nitrogen and oxygen atoms in total. The SMILES string of the molecule is CC(Nc1nc(Cl)nc2c1CCCC2)c1ccccc1. The zero-order chi connectivity index (χ0) is 13.9. The molecule has 0 saturated carbocycles. The second kappa shape index (κ2) is 5.80. The molecule has 1 atom stereocenters. The number of nitrogens with zero attached hydrogens (tertiary/aromatic N) is 2. The van der Waals surface area contributed by atoms with Gasteiger partial charge in [0, 0.05) is 11.6 Å². The number of hydrogen-bond donors (Lipinski definition) is 1. The van der Waals surface area contributed by atoms with Crippen molar-refractivity contribution in [2.75, 3.05) is 5.32 Å². The number of aryl methyl sites for hydroxylation is 1. The van der Waals surface area contributed by atoms with E-state index in [1.165, 1.54) is 24.0 Å². The van der Waals surface area contributed by atoms with E-state index in [0.29, 0.717) is 5.28 Å². The van der Waals surface area contributed by atoms with Crippen LogP contribution in [0.1, 0.15) is 42.6 Å². The van der Waals surface area contributed by atoms with Gasteiger partial charge in [0.15, 0.2) is 0 Å². The maximum atomic E-state index is 6.05. The molecular formula is C16H18ClN3. The molecule has 0 saturated heterocycles. The van der Waals surface area contributed by atoms with Gasteiger partial charge in [-0.1, -0.05) is 30.3 Å². The fourth-order valence-electron chi connectivity index (χ4n) is 2.71. The van der Waals surface area contributed by atoms with E-state index in [-0.39, 0.29) is 6.04 Å². The monoisotopic (exact) mass is 287 g/mol. The first-order chi connectivity index (χ1) is 9.74. The fraction of sp³-hybridized carbons (Fsp3) is 0.375. The molecule has 0 aliphatic heterocycles. The number of aromatic nitrogens is 2.